The molecule has 2 aromatic rings. The lowest BCUT2D eigenvalue weighted by Gasteiger charge is -2.18. The van der Waals surface area contributed by atoms with Gasteiger partial charge in [0, 0.05) is 22.9 Å². The summed E-state index contributed by atoms with van der Waals surface area (Å²) in [5.41, 5.74) is 4.24. The number of halogens is 1. The van der Waals surface area contributed by atoms with E-state index in [0.717, 1.165) is 36.6 Å². The lowest BCUT2D eigenvalue weighted by Crippen LogP contribution is -2.24. The Kier molecular flexibility index (Phi) is 5.83. The minimum absolute atomic E-state index is 0.377. The van der Waals surface area contributed by atoms with Gasteiger partial charge in [-0.3, -0.25) is 0 Å². The zero-order valence-electron chi connectivity index (χ0n) is 11.1. The molecule has 4 heteroatoms. The largest absolute Gasteiger partial charge is 0.316 e. The summed E-state index contributed by atoms with van der Waals surface area (Å²) in [4.78, 5) is 4.39. The number of benzene rings is 1. The SMILES string of the molecule is CCCNCC(Cc1cscn1)c1ccccc1Cl. The molecule has 0 saturated carbocycles. The first kappa shape index (κ1) is 14.5. The lowest BCUT2D eigenvalue weighted by atomic mass is 9.94. The van der Waals surface area contributed by atoms with E-state index >= 15 is 0 Å². The first-order valence-electron chi connectivity index (χ1n) is 6.63. The highest BCUT2D eigenvalue weighted by Crippen LogP contribution is 2.27. The third-order valence-electron chi connectivity index (χ3n) is 3.10. The van der Waals surface area contributed by atoms with Crippen molar-refractivity contribution < 1.29 is 0 Å². The highest BCUT2D eigenvalue weighted by molar-refractivity contribution is 7.07. The third kappa shape index (κ3) is 4.30. The Hall–Kier alpha value is -0.900. The number of aromatic nitrogens is 1. The molecule has 102 valence electrons. The molecular weight excluding hydrogens is 276 g/mol. The van der Waals surface area contributed by atoms with Crippen LogP contribution in [0.4, 0.5) is 0 Å². The van der Waals surface area contributed by atoms with E-state index in [9.17, 15) is 0 Å². The van der Waals surface area contributed by atoms with Crippen molar-refractivity contribution in [1.82, 2.24) is 10.3 Å². The summed E-state index contributed by atoms with van der Waals surface area (Å²) >= 11 is 7.97. The topological polar surface area (TPSA) is 24.9 Å². The quantitative estimate of drug-likeness (QED) is 0.777. The molecule has 2 rings (SSSR count). The second-order valence-electron chi connectivity index (χ2n) is 4.61. The highest BCUT2D eigenvalue weighted by Gasteiger charge is 2.15. The van der Waals surface area contributed by atoms with Gasteiger partial charge < -0.3 is 5.32 Å². The fourth-order valence-electron chi connectivity index (χ4n) is 2.14. The second kappa shape index (κ2) is 7.63. The fourth-order valence-corrected chi connectivity index (χ4v) is 3.00. The van der Waals surface area contributed by atoms with Crippen molar-refractivity contribution >= 4 is 22.9 Å². The number of nitrogens with zero attached hydrogens (tertiary/aromatic N) is 1. The Morgan fingerprint density at radius 3 is 2.89 bits per heavy atom. The summed E-state index contributed by atoms with van der Waals surface area (Å²) in [6.45, 7) is 4.16. The van der Waals surface area contributed by atoms with Crippen LogP contribution in [0.2, 0.25) is 5.02 Å². The van der Waals surface area contributed by atoms with E-state index in [1.54, 1.807) is 11.3 Å². The van der Waals surface area contributed by atoms with Gasteiger partial charge in [-0.2, -0.15) is 0 Å². The Bertz CT molecular complexity index is 485. The van der Waals surface area contributed by atoms with Crippen LogP contribution in [0.25, 0.3) is 0 Å². The van der Waals surface area contributed by atoms with E-state index in [2.05, 4.69) is 34.7 Å². The number of thiazole rings is 1. The first-order chi connectivity index (χ1) is 9.31. The van der Waals surface area contributed by atoms with E-state index in [4.69, 9.17) is 11.6 Å². The molecule has 1 aromatic carbocycles. The zero-order chi connectivity index (χ0) is 13.5. The predicted molar refractivity (Wildman–Crippen MR) is 83.2 cm³/mol. The molecule has 0 fully saturated rings. The zero-order valence-corrected chi connectivity index (χ0v) is 12.7. The van der Waals surface area contributed by atoms with Crippen LogP contribution in [0.1, 0.15) is 30.5 Å². The predicted octanol–water partition coefficient (Wildman–Crippen LogP) is 4.12. The Morgan fingerprint density at radius 1 is 1.37 bits per heavy atom. The number of rotatable bonds is 7. The van der Waals surface area contributed by atoms with Gasteiger partial charge >= 0.3 is 0 Å². The summed E-state index contributed by atoms with van der Waals surface area (Å²) in [5, 5.41) is 6.45. The normalized spacial score (nSPS) is 12.5. The number of hydrogen-bond donors (Lipinski definition) is 1. The molecule has 1 atom stereocenters. The van der Waals surface area contributed by atoms with Crippen molar-refractivity contribution in [3.63, 3.8) is 0 Å². The van der Waals surface area contributed by atoms with Gasteiger partial charge in [-0.15, -0.1) is 11.3 Å². The maximum Gasteiger partial charge on any atom is 0.0794 e. The van der Waals surface area contributed by atoms with Crippen LogP contribution in [0.3, 0.4) is 0 Å². The van der Waals surface area contributed by atoms with Gasteiger partial charge in [0.05, 0.1) is 11.2 Å². The van der Waals surface area contributed by atoms with E-state index in [1.807, 2.05) is 17.6 Å². The summed E-state index contributed by atoms with van der Waals surface area (Å²) in [7, 11) is 0. The molecule has 19 heavy (non-hydrogen) atoms. The maximum atomic E-state index is 6.33. The Morgan fingerprint density at radius 2 is 2.21 bits per heavy atom. The number of hydrogen-bond acceptors (Lipinski definition) is 3. The van der Waals surface area contributed by atoms with E-state index < -0.39 is 0 Å². The molecule has 2 nitrogen and oxygen atoms in total. The fraction of sp³-hybridized carbons (Fsp3) is 0.400. The van der Waals surface area contributed by atoms with Gasteiger partial charge in [0.25, 0.3) is 0 Å². The van der Waals surface area contributed by atoms with Gasteiger partial charge in [-0.05, 0) is 31.0 Å². The van der Waals surface area contributed by atoms with Crippen molar-refractivity contribution in [2.45, 2.75) is 25.7 Å². The van der Waals surface area contributed by atoms with Gasteiger partial charge in [-0.25, -0.2) is 4.98 Å². The van der Waals surface area contributed by atoms with Crippen molar-refractivity contribution in [1.29, 1.82) is 0 Å². The molecule has 1 aromatic heterocycles. The van der Waals surface area contributed by atoms with Crippen LogP contribution in [0.15, 0.2) is 35.2 Å². The molecule has 0 amide bonds. The van der Waals surface area contributed by atoms with Crippen LogP contribution >= 0.6 is 22.9 Å². The van der Waals surface area contributed by atoms with Gasteiger partial charge in [-0.1, -0.05) is 36.7 Å². The maximum absolute atomic E-state index is 6.33. The monoisotopic (exact) mass is 294 g/mol. The van der Waals surface area contributed by atoms with Crippen LogP contribution in [-0.4, -0.2) is 18.1 Å². The molecule has 0 saturated heterocycles. The molecule has 1 heterocycles. The third-order valence-corrected chi connectivity index (χ3v) is 4.08. The molecule has 0 spiro atoms. The Labute approximate surface area is 123 Å². The van der Waals surface area contributed by atoms with Gasteiger partial charge in [0.1, 0.15) is 0 Å². The average Bonchev–Trinajstić information content (AvgIpc) is 2.91. The van der Waals surface area contributed by atoms with Crippen molar-refractivity contribution in [2.75, 3.05) is 13.1 Å². The van der Waals surface area contributed by atoms with E-state index in [-0.39, 0.29) is 0 Å². The molecule has 1 N–H and O–H groups in total. The molecular formula is C15H19ClN2S. The molecule has 0 aliphatic rings. The average molecular weight is 295 g/mol. The van der Waals surface area contributed by atoms with Crippen molar-refractivity contribution in [3.8, 4) is 0 Å². The first-order valence-corrected chi connectivity index (χ1v) is 7.95. The summed E-state index contributed by atoms with van der Waals surface area (Å²) in [5.74, 6) is 0.377. The van der Waals surface area contributed by atoms with Crippen LogP contribution in [-0.2, 0) is 6.42 Å². The Balaban J connectivity index is 2.11. The minimum Gasteiger partial charge on any atom is -0.316 e. The van der Waals surface area contributed by atoms with Crippen molar-refractivity contribution in [3.05, 3.63) is 51.4 Å². The van der Waals surface area contributed by atoms with Gasteiger partial charge in [0.2, 0.25) is 0 Å². The summed E-state index contributed by atoms with van der Waals surface area (Å²) in [6.07, 6.45) is 2.08. The van der Waals surface area contributed by atoms with Gasteiger partial charge in [0.15, 0.2) is 0 Å². The van der Waals surface area contributed by atoms with E-state index in [0.29, 0.717) is 5.92 Å². The number of nitrogens with one attached hydrogen (secondary N) is 1. The molecule has 0 aliphatic heterocycles. The molecule has 1 unspecified atom stereocenters. The molecule has 0 aliphatic carbocycles. The van der Waals surface area contributed by atoms with E-state index in [1.165, 1.54) is 5.56 Å². The standard InChI is InChI=1S/C15H19ClN2S/c1-2-7-17-9-12(8-13-10-19-11-18-13)14-5-3-4-6-15(14)16/h3-6,10-12,17H,2,7-9H2,1H3. The molecule has 0 radical (unpaired) electrons. The lowest BCUT2D eigenvalue weighted by molar-refractivity contribution is 0.573. The van der Waals surface area contributed by atoms with Crippen LogP contribution < -0.4 is 5.32 Å². The highest BCUT2D eigenvalue weighted by atomic mass is 35.5. The van der Waals surface area contributed by atoms with Crippen LogP contribution in [0.5, 0.6) is 0 Å². The summed E-state index contributed by atoms with van der Waals surface area (Å²) < 4.78 is 0. The second-order valence-corrected chi connectivity index (χ2v) is 5.73. The smallest absolute Gasteiger partial charge is 0.0794 e. The van der Waals surface area contributed by atoms with Crippen LogP contribution in [0, 0.1) is 0 Å². The molecule has 0 bridgehead atoms. The minimum atomic E-state index is 0.377. The summed E-state index contributed by atoms with van der Waals surface area (Å²) in [6, 6.07) is 8.11. The van der Waals surface area contributed by atoms with Crippen molar-refractivity contribution in [2.24, 2.45) is 0 Å².